The van der Waals surface area contributed by atoms with Gasteiger partial charge in [0.15, 0.2) is 0 Å². The Morgan fingerprint density at radius 3 is 3.11 bits per heavy atom. The van der Waals surface area contributed by atoms with E-state index in [0.717, 1.165) is 12.0 Å². The van der Waals surface area contributed by atoms with Crippen LogP contribution in [0.3, 0.4) is 0 Å². The zero-order valence-electron chi connectivity index (χ0n) is 14.5. The van der Waals surface area contributed by atoms with Crippen molar-refractivity contribution in [2.75, 3.05) is 19.7 Å². The van der Waals surface area contributed by atoms with Crippen LogP contribution in [0, 0.1) is 5.82 Å². The molecular weight excluding hydrogens is 369 g/mol. The van der Waals surface area contributed by atoms with E-state index in [4.69, 9.17) is 9.15 Å². The lowest BCUT2D eigenvalue weighted by molar-refractivity contribution is -0.130. The number of halogens is 1. The fourth-order valence-corrected chi connectivity index (χ4v) is 3.69. The number of thiophene rings is 1. The Balaban J connectivity index is 1.28. The Hall–Kier alpha value is -2.74. The lowest BCUT2D eigenvalue weighted by Crippen LogP contribution is -2.29. The summed E-state index contributed by atoms with van der Waals surface area (Å²) >= 11 is 1.57. The molecule has 3 heterocycles. The van der Waals surface area contributed by atoms with Gasteiger partial charge in [-0.05, 0) is 30.0 Å². The first kappa shape index (κ1) is 17.7. The normalized spacial score (nSPS) is 16.6. The van der Waals surface area contributed by atoms with E-state index in [1.54, 1.807) is 28.4 Å². The van der Waals surface area contributed by atoms with Crippen molar-refractivity contribution in [2.24, 2.45) is 0 Å². The lowest BCUT2D eigenvalue weighted by Gasteiger charge is -2.16. The third kappa shape index (κ3) is 4.16. The van der Waals surface area contributed by atoms with E-state index in [1.807, 2.05) is 16.8 Å². The zero-order chi connectivity index (χ0) is 18.6. The van der Waals surface area contributed by atoms with Gasteiger partial charge in [-0.1, -0.05) is 6.07 Å². The standard InChI is InChI=1S/C19H18FN3O3S/c20-15-2-1-3-16(10-15)25-8-5-17(24)23-7-4-13(11-23)18-21-22-19(26-18)14-6-9-27-12-14/h1-3,6,9-10,12-13H,4-5,7-8,11H2/t13-/m0/s1. The number of hydrogen-bond acceptors (Lipinski definition) is 6. The molecule has 140 valence electrons. The van der Waals surface area contributed by atoms with E-state index in [1.165, 1.54) is 12.1 Å². The van der Waals surface area contributed by atoms with Crippen LogP contribution in [0.25, 0.3) is 11.5 Å². The number of ether oxygens (including phenoxy) is 1. The maximum absolute atomic E-state index is 13.1. The highest BCUT2D eigenvalue weighted by Gasteiger charge is 2.30. The second-order valence-corrected chi connectivity index (χ2v) is 7.12. The first-order valence-corrected chi connectivity index (χ1v) is 9.65. The molecule has 1 aliphatic heterocycles. The first-order valence-electron chi connectivity index (χ1n) is 8.71. The molecule has 27 heavy (non-hydrogen) atoms. The van der Waals surface area contributed by atoms with Gasteiger partial charge in [0.2, 0.25) is 17.7 Å². The van der Waals surface area contributed by atoms with E-state index in [9.17, 15) is 9.18 Å². The fourth-order valence-electron chi connectivity index (χ4n) is 3.06. The van der Waals surface area contributed by atoms with Crippen LogP contribution in [0.4, 0.5) is 4.39 Å². The smallest absolute Gasteiger partial charge is 0.248 e. The summed E-state index contributed by atoms with van der Waals surface area (Å²) in [4.78, 5) is 14.2. The number of amides is 1. The molecule has 8 heteroatoms. The van der Waals surface area contributed by atoms with Crippen molar-refractivity contribution in [3.63, 3.8) is 0 Å². The van der Waals surface area contributed by atoms with Crippen LogP contribution < -0.4 is 4.74 Å². The topological polar surface area (TPSA) is 68.5 Å². The van der Waals surface area contributed by atoms with Crippen molar-refractivity contribution in [3.8, 4) is 17.2 Å². The zero-order valence-corrected chi connectivity index (χ0v) is 15.3. The van der Waals surface area contributed by atoms with E-state index < -0.39 is 0 Å². The summed E-state index contributed by atoms with van der Waals surface area (Å²) in [6.45, 7) is 1.43. The average Bonchev–Trinajstić information content (AvgIpc) is 3.41. The molecule has 0 N–H and O–H groups in total. The van der Waals surface area contributed by atoms with Crippen molar-refractivity contribution in [3.05, 3.63) is 52.8 Å². The molecule has 0 unspecified atom stereocenters. The Bertz CT molecular complexity index is 913. The predicted molar refractivity (Wildman–Crippen MR) is 98.1 cm³/mol. The Morgan fingerprint density at radius 1 is 1.37 bits per heavy atom. The van der Waals surface area contributed by atoms with E-state index >= 15 is 0 Å². The SMILES string of the molecule is O=C(CCOc1cccc(F)c1)N1CC[C@H](c2nnc(-c3ccsc3)o2)C1. The number of aromatic nitrogens is 2. The molecule has 1 saturated heterocycles. The van der Waals surface area contributed by atoms with Gasteiger partial charge in [0.1, 0.15) is 11.6 Å². The number of benzene rings is 1. The molecule has 3 aromatic rings. The predicted octanol–water partition coefficient (Wildman–Crippen LogP) is 3.72. The molecule has 6 nitrogen and oxygen atoms in total. The van der Waals surface area contributed by atoms with Crippen LogP contribution in [0.5, 0.6) is 5.75 Å². The molecule has 1 amide bonds. The van der Waals surface area contributed by atoms with Crippen LogP contribution in [0.2, 0.25) is 0 Å². The van der Waals surface area contributed by atoms with Gasteiger partial charge >= 0.3 is 0 Å². The largest absolute Gasteiger partial charge is 0.493 e. The van der Waals surface area contributed by atoms with E-state index in [2.05, 4.69) is 10.2 Å². The quantitative estimate of drug-likeness (QED) is 0.645. The fraction of sp³-hybridized carbons (Fsp3) is 0.316. The summed E-state index contributed by atoms with van der Waals surface area (Å²) in [6.07, 6.45) is 1.04. The molecule has 2 aromatic heterocycles. The van der Waals surface area contributed by atoms with E-state index in [-0.39, 0.29) is 30.7 Å². The number of carbonyl (C=O) groups excluding carboxylic acids is 1. The van der Waals surface area contributed by atoms with Crippen LogP contribution in [-0.2, 0) is 4.79 Å². The third-order valence-corrected chi connectivity index (χ3v) is 5.16. The molecule has 0 bridgehead atoms. The Labute approximate surface area is 159 Å². The number of hydrogen-bond donors (Lipinski definition) is 0. The second kappa shape index (κ2) is 7.87. The van der Waals surface area contributed by atoms with E-state index in [0.29, 0.717) is 30.6 Å². The lowest BCUT2D eigenvalue weighted by atomic mass is 10.1. The van der Waals surface area contributed by atoms with Crippen molar-refractivity contribution in [1.29, 1.82) is 0 Å². The molecule has 1 atom stereocenters. The summed E-state index contributed by atoms with van der Waals surface area (Å²) in [5.41, 5.74) is 0.916. The molecule has 1 aromatic carbocycles. The number of carbonyl (C=O) groups is 1. The molecule has 0 radical (unpaired) electrons. The highest BCUT2D eigenvalue weighted by Crippen LogP contribution is 2.29. The molecule has 0 aliphatic carbocycles. The molecular formula is C19H18FN3O3S. The summed E-state index contributed by atoms with van der Waals surface area (Å²) in [6, 6.07) is 7.83. The molecule has 1 aliphatic rings. The monoisotopic (exact) mass is 387 g/mol. The molecule has 1 fully saturated rings. The van der Waals surface area contributed by atoms with Crippen molar-refractivity contribution < 1.29 is 18.3 Å². The van der Waals surface area contributed by atoms with Crippen LogP contribution >= 0.6 is 11.3 Å². The summed E-state index contributed by atoms with van der Waals surface area (Å²) in [7, 11) is 0. The van der Waals surface area contributed by atoms with Gasteiger partial charge in [-0.3, -0.25) is 4.79 Å². The van der Waals surface area contributed by atoms with Crippen LogP contribution in [0.1, 0.15) is 24.7 Å². The average molecular weight is 387 g/mol. The van der Waals surface area contributed by atoms with Gasteiger partial charge in [-0.15, -0.1) is 10.2 Å². The number of nitrogens with zero attached hydrogens (tertiary/aromatic N) is 3. The maximum atomic E-state index is 13.1. The molecule has 4 rings (SSSR count). The van der Waals surface area contributed by atoms with Gasteiger partial charge in [0.25, 0.3) is 0 Å². The molecule has 0 spiro atoms. The highest BCUT2D eigenvalue weighted by molar-refractivity contribution is 7.08. The Morgan fingerprint density at radius 2 is 2.30 bits per heavy atom. The van der Waals surface area contributed by atoms with Gasteiger partial charge in [0, 0.05) is 30.1 Å². The number of likely N-dealkylation sites (tertiary alicyclic amines) is 1. The van der Waals surface area contributed by atoms with Gasteiger partial charge < -0.3 is 14.1 Å². The van der Waals surface area contributed by atoms with Crippen molar-refractivity contribution in [2.45, 2.75) is 18.8 Å². The summed E-state index contributed by atoms with van der Waals surface area (Å²) in [5, 5.41) is 12.2. The minimum Gasteiger partial charge on any atom is -0.493 e. The first-order chi connectivity index (χ1) is 13.2. The van der Waals surface area contributed by atoms with Gasteiger partial charge in [0.05, 0.1) is 18.9 Å². The number of rotatable bonds is 6. The minimum absolute atomic E-state index is 0.00600. The van der Waals surface area contributed by atoms with Gasteiger partial charge in [-0.25, -0.2) is 4.39 Å². The van der Waals surface area contributed by atoms with Gasteiger partial charge in [-0.2, -0.15) is 11.3 Å². The third-order valence-electron chi connectivity index (χ3n) is 4.48. The van der Waals surface area contributed by atoms with Crippen LogP contribution in [-0.4, -0.2) is 40.7 Å². The Kier molecular flexibility index (Phi) is 5.15. The highest BCUT2D eigenvalue weighted by atomic mass is 32.1. The second-order valence-electron chi connectivity index (χ2n) is 6.34. The minimum atomic E-state index is -0.359. The molecule has 0 saturated carbocycles. The summed E-state index contributed by atoms with van der Waals surface area (Å²) in [5.74, 6) is 1.21. The summed E-state index contributed by atoms with van der Waals surface area (Å²) < 4.78 is 24.3. The maximum Gasteiger partial charge on any atom is 0.248 e. The van der Waals surface area contributed by atoms with Crippen molar-refractivity contribution in [1.82, 2.24) is 15.1 Å². The van der Waals surface area contributed by atoms with Crippen LogP contribution in [0.15, 0.2) is 45.5 Å². The van der Waals surface area contributed by atoms with Crippen molar-refractivity contribution >= 4 is 17.2 Å².